The summed E-state index contributed by atoms with van der Waals surface area (Å²) in [4.78, 5) is 15.4. The molecule has 88 valence electrons. The molecular weight excluding hydrogens is 210 g/mol. The summed E-state index contributed by atoms with van der Waals surface area (Å²) < 4.78 is 9.87. The lowest BCUT2D eigenvalue weighted by atomic mass is 9.69. The number of carbonyl (C=O) groups excluding carboxylic acids is 1. The first-order valence-corrected chi connectivity index (χ1v) is 5.43. The van der Waals surface area contributed by atoms with E-state index in [4.69, 9.17) is 15.0 Å². The smallest absolute Gasteiger partial charge is 0.379 e. The van der Waals surface area contributed by atoms with Crippen molar-refractivity contribution < 1.29 is 14.1 Å². The number of ether oxygens (including phenoxy) is 1. The van der Waals surface area contributed by atoms with Gasteiger partial charge in [-0.2, -0.15) is 4.98 Å². The number of esters is 1. The Morgan fingerprint density at radius 2 is 2.38 bits per heavy atom. The van der Waals surface area contributed by atoms with Crippen LogP contribution < -0.4 is 5.73 Å². The van der Waals surface area contributed by atoms with Gasteiger partial charge in [-0.3, -0.25) is 0 Å². The maximum Gasteiger partial charge on any atom is 0.379 e. The van der Waals surface area contributed by atoms with Gasteiger partial charge in [0.1, 0.15) is 0 Å². The van der Waals surface area contributed by atoms with Crippen molar-refractivity contribution in [3.8, 4) is 0 Å². The fraction of sp³-hybridized carbons (Fsp3) is 0.700. The lowest BCUT2D eigenvalue weighted by molar-refractivity contribution is 0.0508. The normalized spacial score (nSPS) is 17.9. The Kier molecular flexibility index (Phi) is 2.91. The van der Waals surface area contributed by atoms with Gasteiger partial charge in [0.05, 0.1) is 12.0 Å². The average Bonchev–Trinajstić information content (AvgIpc) is 2.67. The Labute approximate surface area is 93.1 Å². The number of aromatic nitrogens is 2. The van der Waals surface area contributed by atoms with Crippen molar-refractivity contribution >= 4 is 5.97 Å². The van der Waals surface area contributed by atoms with Crippen LogP contribution in [0.25, 0.3) is 0 Å². The first kappa shape index (κ1) is 11.1. The Morgan fingerprint density at radius 1 is 1.62 bits per heavy atom. The molecule has 0 unspecified atom stereocenters. The van der Waals surface area contributed by atoms with E-state index in [1.807, 2.05) is 0 Å². The summed E-state index contributed by atoms with van der Waals surface area (Å²) in [6.45, 7) is 2.49. The number of carbonyl (C=O) groups is 1. The molecule has 0 aromatic carbocycles. The van der Waals surface area contributed by atoms with Gasteiger partial charge in [-0.15, -0.1) is 0 Å². The summed E-state index contributed by atoms with van der Waals surface area (Å²) in [5.74, 6) is -0.107. The van der Waals surface area contributed by atoms with Gasteiger partial charge < -0.3 is 15.0 Å². The molecule has 0 saturated heterocycles. The van der Waals surface area contributed by atoms with Crippen LogP contribution in [0.2, 0.25) is 0 Å². The summed E-state index contributed by atoms with van der Waals surface area (Å²) in [6, 6.07) is 0. The van der Waals surface area contributed by atoms with Crippen LogP contribution in [0.1, 0.15) is 42.7 Å². The molecule has 1 saturated carbocycles. The van der Waals surface area contributed by atoms with E-state index in [0.29, 0.717) is 19.0 Å². The van der Waals surface area contributed by atoms with Crippen molar-refractivity contribution in [1.82, 2.24) is 10.1 Å². The Bertz CT molecular complexity index is 379. The van der Waals surface area contributed by atoms with Crippen molar-refractivity contribution in [1.29, 1.82) is 0 Å². The highest BCUT2D eigenvalue weighted by atomic mass is 16.5. The van der Waals surface area contributed by atoms with Gasteiger partial charge in [-0.1, -0.05) is 6.42 Å². The Balaban J connectivity index is 2.16. The fourth-order valence-corrected chi connectivity index (χ4v) is 1.83. The minimum absolute atomic E-state index is 0.0171. The average molecular weight is 225 g/mol. The highest BCUT2D eigenvalue weighted by Crippen LogP contribution is 2.41. The predicted molar refractivity (Wildman–Crippen MR) is 54.8 cm³/mol. The molecule has 0 amide bonds. The molecule has 6 nitrogen and oxygen atoms in total. The van der Waals surface area contributed by atoms with E-state index in [0.717, 1.165) is 19.3 Å². The van der Waals surface area contributed by atoms with Crippen LogP contribution in [0.5, 0.6) is 0 Å². The third-order valence-electron chi connectivity index (χ3n) is 3.04. The van der Waals surface area contributed by atoms with Gasteiger partial charge in [-0.25, -0.2) is 4.79 Å². The molecule has 0 atom stereocenters. The number of nitrogens with zero attached hydrogens (tertiary/aromatic N) is 2. The lowest BCUT2D eigenvalue weighted by Gasteiger charge is -2.36. The third-order valence-corrected chi connectivity index (χ3v) is 3.04. The molecule has 0 bridgehead atoms. The Hall–Kier alpha value is -1.43. The zero-order valence-electron chi connectivity index (χ0n) is 9.23. The van der Waals surface area contributed by atoms with Crippen LogP contribution in [0.4, 0.5) is 0 Å². The second kappa shape index (κ2) is 4.21. The van der Waals surface area contributed by atoms with Crippen LogP contribution >= 0.6 is 0 Å². The van der Waals surface area contributed by atoms with Gasteiger partial charge in [0, 0.05) is 6.54 Å². The quantitative estimate of drug-likeness (QED) is 0.755. The molecule has 0 radical (unpaired) electrons. The molecule has 1 aliphatic rings. The van der Waals surface area contributed by atoms with E-state index in [2.05, 4.69) is 10.1 Å². The van der Waals surface area contributed by atoms with E-state index in [9.17, 15) is 4.79 Å². The summed E-state index contributed by atoms with van der Waals surface area (Å²) >= 11 is 0. The molecule has 2 N–H and O–H groups in total. The summed E-state index contributed by atoms with van der Waals surface area (Å²) in [5, 5.41) is 3.61. The molecule has 1 aromatic rings. The standard InChI is InChI=1S/C10H15N3O3/c1-2-15-8(14)7-12-9(16-13-7)10(6-11)4-3-5-10/h2-6,11H2,1H3. The number of nitrogens with two attached hydrogens (primary N) is 1. The van der Waals surface area contributed by atoms with Gasteiger partial charge in [0.2, 0.25) is 5.89 Å². The molecule has 2 rings (SSSR count). The van der Waals surface area contributed by atoms with Gasteiger partial charge in [0.25, 0.3) is 5.82 Å². The van der Waals surface area contributed by atoms with Crippen molar-refractivity contribution in [2.75, 3.05) is 13.2 Å². The van der Waals surface area contributed by atoms with E-state index in [1.54, 1.807) is 6.92 Å². The number of hydrogen-bond acceptors (Lipinski definition) is 6. The zero-order valence-corrected chi connectivity index (χ0v) is 9.23. The van der Waals surface area contributed by atoms with Gasteiger partial charge in [-0.05, 0) is 24.9 Å². The minimum Gasteiger partial charge on any atom is -0.460 e. The highest BCUT2D eigenvalue weighted by Gasteiger charge is 2.43. The first-order valence-electron chi connectivity index (χ1n) is 5.43. The van der Waals surface area contributed by atoms with Gasteiger partial charge in [0.15, 0.2) is 0 Å². The Morgan fingerprint density at radius 3 is 2.88 bits per heavy atom. The lowest BCUT2D eigenvalue weighted by Crippen LogP contribution is -2.41. The van der Waals surface area contributed by atoms with E-state index in [-0.39, 0.29) is 11.2 Å². The van der Waals surface area contributed by atoms with Crippen LogP contribution in [-0.2, 0) is 10.2 Å². The topological polar surface area (TPSA) is 91.2 Å². The molecule has 0 aliphatic heterocycles. The summed E-state index contributed by atoms with van der Waals surface area (Å²) in [6.07, 6.45) is 2.98. The van der Waals surface area contributed by atoms with E-state index < -0.39 is 5.97 Å². The minimum atomic E-state index is -0.552. The predicted octanol–water partition coefficient (Wildman–Crippen LogP) is 0.627. The fourth-order valence-electron chi connectivity index (χ4n) is 1.83. The molecule has 0 spiro atoms. The van der Waals surface area contributed by atoms with Crippen molar-refractivity contribution in [2.24, 2.45) is 5.73 Å². The summed E-state index contributed by atoms with van der Waals surface area (Å²) in [7, 11) is 0. The summed E-state index contributed by atoms with van der Waals surface area (Å²) in [5.41, 5.74) is 5.49. The SMILES string of the molecule is CCOC(=O)c1noc(C2(CN)CCC2)n1. The molecule has 6 heteroatoms. The monoisotopic (exact) mass is 225 g/mol. The molecular formula is C10H15N3O3. The molecule has 16 heavy (non-hydrogen) atoms. The maximum atomic E-state index is 11.3. The maximum absolute atomic E-state index is 11.3. The molecule has 1 aromatic heterocycles. The van der Waals surface area contributed by atoms with Crippen LogP contribution in [0.3, 0.4) is 0 Å². The second-order valence-electron chi connectivity index (χ2n) is 3.98. The zero-order chi connectivity index (χ0) is 11.6. The van der Waals surface area contributed by atoms with Crippen molar-refractivity contribution in [3.63, 3.8) is 0 Å². The van der Waals surface area contributed by atoms with Crippen molar-refractivity contribution in [3.05, 3.63) is 11.7 Å². The third kappa shape index (κ3) is 1.69. The van der Waals surface area contributed by atoms with E-state index in [1.165, 1.54) is 0 Å². The number of rotatable bonds is 4. The molecule has 1 heterocycles. The number of hydrogen-bond donors (Lipinski definition) is 1. The van der Waals surface area contributed by atoms with Crippen LogP contribution in [-0.4, -0.2) is 29.3 Å². The second-order valence-corrected chi connectivity index (χ2v) is 3.98. The van der Waals surface area contributed by atoms with Gasteiger partial charge >= 0.3 is 5.97 Å². The molecule has 1 fully saturated rings. The first-order chi connectivity index (χ1) is 7.72. The van der Waals surface area contributed by atoms with Crippen LogP contribution in [0.15, 0.2) is 4.52 Å². The van der Waals surface area contributed by atoms with Crippen LogP contribution in [0, 0.1) is 0 Å². The highest BCUT2D eigenvalue weighted by molar-refractivity contribution is 5.84. The molecule has 1 aliphatic carbocycles. The van der Waals surface area contributed by atoms with Crippen molar-refractivity contribution in [2.45, 2.75) is 31.6 Å². The largest absolute Gasteiger partial charge is 0.460 e. The van der Waals surface area contributed by atoms with E-state index >= 15 is 0 Å².